The first-order valence-corrected chi connectivity index (χ1v) is 16.9. The lowest BCUT2D eigenvalue weighted by atomic mass is 9.57. The quantitative estimate of drug-likeness (QED) is 0.353. The third kappa shape index (κ3) is 6.64. The van der Waals surface area contributed by atoms with Crippen LogP contribution >= 0.6 is 0 Å². The Kier molecular flexibility index (Phi) is 9.10. The molecule has 2 aromatic carbocycles. The zero-order chi connectivity index (χ0) is 31.6. The fourth-order valence-electron chi connectivity index (χ4n) is 6.78. The molecule has 12 heteroatoms. The van der Waals surface area contributed by atoms with Crippen molar-refractivity contribution in [1.29, 1.82) is 0 Å². The Balaban J connectivity index is 1.09. The van der Waals surface area contributed by atoms with E-state index in [4.69, 9.17) is 14.2 Å². The van der Waals surface area contributed by atoms with Crippen LogP contribution in [0.1, 0.15) is 33.3 Å². The van der Waals surface area contributed by atoms with Gasteiger partial charge in [0.25, 0.3) is 0 Å². The van der Waals surface area contributed by atoms with Crippen molar-refractivity contribution in [2.24, 2.45) is 17.8 Å². The summed E-state index contributed by atoms with van der Waals surface area (Å²) < 4.78 is 41.8. The standard InChI is InChI=1S/C32H41N3O8S/c1-5-41-24-13-11-23(12-14-24)34-17-25-21(2)28-26(34)18-35(29(25)28)27(36)20-44(39,40)16-15-33-31(38)43-32(3,4)30(37)42-19-22-9-7-6-8-10-22/h6-14,21,25-26,28-29H,5,15-20H2,1-4H3,(H,33,38)/t21?,25-,26-,28?,29?/m1/s1. The SMILES string of the molecule is CCOc1ccc(N2C[C@@H]3C(C)C4C3N(C(=O)CS(=O)(=O)CCNC(=O)OC(C)(C)C(=O)OCc3ccccc3)C[C@H]42)cc1. The number of sulfone groups is 1. The number of benzene rings is 2. The van der Waals surface area contributed by atoms with Gasteiger partial charge in [-0.1, -0.05) is 37.3 Å². The van der Waals surface area contributed by atoms with Gasteiger partial charge in [-0.3, -0.25) is 4.79 Å². The number of alkyl carbamates (subject to hydrolysis) is 1. The van der Waals surface area contributed by atoms with Gasteiger partial charge in [0.05, 0.1) is 18.4 Å². The average molecular weight is 628 g/mol. The Morgan fingerprint density at radius 1 is 1.02 bits per heavy atom. The summed E-state index contributed by atoms with van der Waals surface area (Å²) in [4.78, 5) is 42.2. The minimum Gasteiger partial charge on any atom is -0.494 e. The van der Waals surface area contributed by atoms with Gasteiger partial charge in [0.15, 0.2) is 9.84 Å². The van der Waals surface area contributed by atoms with Crippen molar-refractivity contribution >= 4 is 33.5 Å². The maximum Gasteiger partial charge on any atom is 0.408 e. The number of ether oxygens (including phenoxy) is 3. The topological polar surface area (TPSA) is 132 Å². The Hall–Kier alpha value is -3.80. The molecule has 3 unspecified atom stereocenters. The largest absolute Gasteiger partial charge is 0.494 e. The van der Waals surface area contributed by atoms with E-state index < -0.39 is 44.9 Å². The van der Waals surface area contributed by atoms with Gasteiger partial charge in [0.2, 0.25) is 11.5 Å². The Morgan fingerprint density at radius 3 is 2.41 bits per heavy atom. The summed E-state index contributed by atoms with van der Waals surface area (Å²) in [5.74, 6) is -0.351. The van der Waals surface area contributed by atoms with Gasteiger partial charge in [0.1, 0.15) is 18.1 Å². The maximum absolute atomic E-state index is 13.3. The van der Waals surface area contributed by atoms with E-state index in [0.717, 1.165) is 23.5 Å². The highest BCUT2D eigenvalue weighted by atomic mass is 32.2. The molecule has 4 aliphatic rings. The van der Waals surface area contributed by atoms with Crippen molar-refractivity contribution in [3.63, 3.8) is 0 Å². The molecule has 1 aliphatic carbocycles. The number of likely N-dealkylation sites (tertiary alicyclic amines) is 1. The Morgan fingerprint density at radius 2 is 1.73 bits per heavy atom. The number of nitrogens with zero attached hydrogens (tertiary/aromatic N) is 2. The van der Waals surface area contributed by atoms with E-state index in [1.54, 1.807) is 17.0 Å². The average Bonchev–Trinajstić information content (AvgIpc) is 3.25. The van der Waals surface area contributed by atoms with Gasteiger partial charge < -0.3 is 29.3 Å². The van der Waals surface area contributed by atoms with E-state index in [-0.39, 0.29) is 31.2 Å². The van der Waals surface area contributed by atoms with Crippen LogP contribution in [-0.4, -0.2) is 86.7 Å². The molecule has 2 amide bonds. The number of carbonyl (C=O) groups is 3. The minimum absolute atomic E-state index is 0.0268. The van der Waals surface area contributed by atoms with Crippen LogP contribution < -0.4 is 15.0 Å². The summed E-state index contributed by atoms with van der Waals surface area (Å²) in [6.45, 7) is 8.61. The number of nitrogens with one attached hydrogen (secondary N) is 1. The highest BCUT2D eigenvalue weighted by Crippen LogP contribution is 2.56. The molecule has 4 fully saturated rings. The number of fused-ring (bicyclic) bond motifs is 1. The van der Waals surface area contributed by atoms with Crippen LogP contribution in [-0.2, 0) is 35.5 Å². The molecule has 3 saturated heterocycles. The van der Waals surface area contributed by atoms with E-state index in [1.807, 2.05) is 49.4 Å². The molecular weight excluding hydrogens is 586 g/mol. The third-order valence-electron chi connectivity index (χ3n) is 8.99. The maximum atomic E-state index is 13.3. The summed E-state index contributed by atoms with van der Waals surface area (Å²) in [5, 5.41) is 2.37. The molecule has 0 radical (unpaired) electrons. The molecule has 3 aliphatic heterocycles. The zero-order valence-electron chi connectivity index (χ0n) is 25.6. The van der Waals surface area contributed by atoms with Crippen LogP contribution in [0.4, 0.5) is 10.5 Å². The summed E-state index contributed by atoms with van der Waals surface area (Å²) in [7, 11) is -3.81. The third-order valence-corrected chi connectivity index (χ3v) is 10.5. The van der Waals surface area contributed by atoms with E-state index >= 15 is 0 Å². The molecule has 3 heterocycles. The smallest absolute Gasteiger partial charge is 0.408 e. The van der Waals surface area contributed by atoms with Crippen molar-refractivity contribution in [2.75, 3.05) is 42.6 Å². The normalized spacial score (nSPS) is 23.9. The van der Waals surface area contributed by atoms with E-state index in [0.29, 0.717) is 25.0 Å². The molecule has 6 rings (SSSR count). The molecule has 0 spiro atoms. The number of rotatable bonds is 12. The second kappa shape index (κ2) is 12.7. The second-order valence-electron chi connectivity index (χ2n) is 12.3. The predicted molar refractivity (Wildman–Crippen MR) is 164 cm³/mol. The molecule has 4 bridgehead atoms. The number of esters is 1. The summed E-state index contributed by atoms with van der Waals surface area (Å²) in [5.41, 5.74) is 0.277. The predicted octanol–water partition coefficient (Wildman–Crippen LogP) is 3.03. The first kappa shape index (κ1) is 31.6. The van der Waals surface area contributed by atoms with Crippen LogP contribution in [0.5, 0.6) is 5.75 Å². The van der Waals surface area contributed by atoms with Crippen LogP contribution in [0.2, 0.25) is 0 Å². The molecule has 44 heavy (non-hydrogen) atoms. The minimum atomic E-state index is -3.81. The molecule has 1 N–H and O–H groups in total. The molecule has 0 aromatic heterocycles. The lowest BCUT2D eigenvalue weighted by molar-refractivity contribution is -0.163. The molecule has 11 nitrogen and oxygen atoms in total. The van der Waals surface area contributed by atoms with Crippen molar-refractivity contribution < 1.29 is 37.0 Å². The number of carbonyl (C=O) groups excluding carboxylic acids is 3. The molecule has 238 valence electrons. The Labute approximate surface area is 258 Å². The summed E-state index contributed by atoms with van der Waals surface area (Å²) in [6.07, 6.45) is -0.954. The number of anilines is 1. The highest BCUT2D eigenvalue weighted by Gasteiger charge is 2.64. The van der Waals surface area contributed by atoms with Crippen molar-refractivity contribution in [1.82, 2.24) is 10.2 Å². The van der Waals surface area contributed by atoms with E-state index in [2.05, 4.69) is 17.1 Å². The number of hydrogen-bond donors (Lipinski definition) is 1. The summed E-state index contributed by atoms with van der Waals surface area (Å²) >= 11 is 0. The highest BCUT2D eigenvalue weighted by molar-refractivity contribution is 7.92. The lowest BCUT2D eigenvalue weighted by Crippen LogP contribution is -2.66. The van der Waals surface area contributed by atoms with Crippen molar-refractivity contribution in [3.8, 4) is 5.75 Å². The van der Waals surface area contributed by atoms with Gasteiger partial charge >= 0.3 is 12.1 Å². The molecule has 2 aromatic rings. The van der Waals surface area contributed by atoms with Gasteiger partial charge in [-0.15, -0.1) is 0 Å². The number of piperidine rings is 2. The van der Waals surface area contributed by atoms with Gasteiger partial charge in [0, 0.05) is 43.2 Å². The number of hydrogen-bond acceptors (Lipinski definition) is 9. The van der Waals surface area contributed by atoms with Crippen molar-refractivity contribution in [3.05, 3.63) is 60.2 Å². The van der Waals surface area contributed by atoms with E-state index in [1.165, 1.54) is 13.8 Å². The van der Waals surface area contributed by atoms with Crippen LogP contribution in [0.3, 0.4) is 0 Å². The van der Waals surface area contributed by atoms with Gasteiger partial charge in [-0.25, -0.2) is 18.0 Å². The van der Waals surface area contributed by atoms with Gasteiger partial charge in [-0.2, -0.15) is 0 Å². The monoisotopic (exact) mass is 627 g/mol. The van der Waals surface area contributed by atoms with Crippen LogP contribution in [0.25, 0.3) is 0 Å². The Bertz CT molecular complexity index is 1460. The fraction of sp³-hybridized carbons (Fsp3) is 0.531. The van der Waals surface area contributed by atoms with Crippen LogP contribution in [0.15, 0.2) is 54.6 Å². The van der Waals surface area contributed by atoms with Gasteiger partial charge in [-0.05, 0) is 56.5 Å². The number of amides is 2. The van der Waals surface area contributed by atoms with Crippen molar-refractivity contribution in [2.45, 2.75) is 52.0 Å². The van der Waals surface area contributed by atoms with Crippen LogP contribution in [0, 0.1) is 17.8 Å². The zero-order valence-corrected chi connectivity index (χ0v) is 26.4. The first-order chi connectivity index (χ1) is 20.9. The first-order valence-electron chi connectivity index (χ1n) is 15.1. The van der Waals surface area contributed by atoms with E-state index in [9.17, 15) is 22.8 Å². The second-order valence-corrected chi connectivity index (χ2v) is 14.4. The molecule has 5 atom stereocenters. The lowest BCUT2D eigenvalue weighted by Gasteiger charge is -2.58. The summed E-state index contributed by atoms with van der Waals surface area (Å²) in [6, 6.07) is 17.2. The molecular formula is C32H41N3O8S. The molecule has 1 saturated carbocycles. The fourth-order valence-corrected chi connectivity index (χ4v) is 7.88.